The van der Waals surface area contributed by atoms with Gasteiger partial charge in [-0.25, -0.2) is 29.1 Å². The van der Waals surface area contributed by atoms with E-state index in [0.717, 1.165) is 10.9 Å². The molecule has 4 unspecified atom stereocenters. The van der Waals surface area contributed by atoms with Crippen molar-refractivity contribution in [1.29, 1.82) is 0 Å². The summed E-state index contributed by atoms with van der Waals surface area (Å²) < 4.78 is 50.3. The number of nitrogens with two attached hydrogens (primary N) is 2. The number of aromatic nitrogens is 6. The van der Waals surface area contributed by atoms with Gasteiger partial charge in [0.2, 0.25) is 5.95 Å². The lowest BCUT2D eigenvalue weighted by molar-refractivity contribution is -0.0986. The van der Waals surface area contributed by atoms with Gasteiger partial charge < -0.3 is 45.9 Å². The summed E-state index contributed by atoms with van der Waals surface area (Å²) in [5, 5.41) is 25.7. The molecule has 44 heavy (non-hydrogen) atoms. The fourth-order valence-corrected chi connectivity index (χ4v) is 6.94. The molecule has 5 rings (SSSR count). The second-order valence-electron chi connectivity index (χ2n) is 9.89. The Labute approximate surface area is 246 Å². The van der Waals surface area contributed by atoms with E-state index in [9.17, 15) is 38.7 Å². The molecule has 0 bridgehead atoms. The molecule has 0 amide bonds. The lowest BCUT2D eigenvalue weighted by Crippen LogP contribution is -2.48. The standard InChI is InChI=1S/C19H29BN10O12P2/c20-14-8(41-10(3-31)29-2-1-9(21)24-19(29)34)5-40-43(35,36)27-11-7(4-39-44(37,38)28-14)42-17(13(11)32)30-6-23-12-15(30)25-18(22)26-16(12)33/h1-2,6-8,10-11,13-14,17,31-32H,3-5,20H2,(H2,21,24,34)(H2,27,35,36)(H2,28,37,38)(H3,22,25,26,33)/t7-,8-,10?,11-,13-,14-,17?/m1/s1. The number of nitrogens with zero attached hydrogens (tertiary/aromatic N) is 5. The van der Waals surface area contributed by atoms with Gasteiger partial charge in [-0.2, -0.15) is 9.97 Å². The van der Waals surface area contributed by atoms with Gasteiger partial charge in [0.25, 0.3) is 0 Å². The van der Waals surface area contributed by atoms with Gasteiger partial charge in [-0.1, -0.05) is 0 Å². The first-order valence-electron chi connectivity index (χ1n) is 12.8. The van der Waals surface area contributed by atoms with E-state index in [4.69, 9.17) is 30.0 Å². The lowest BCUT2D eigenvalue weighted by Gasteiger charge is -2.32. The maximum Gasteiger partial charge on any atom is 0.403 e. The number of aromatic amines is 1. The SMILES string of the molecule is B[C@@H]1NP(=O)(O)OC[C@H]2OC(n3cnc4c(=O)nc(N)[nH]c43)[C@H](O)[C@@H]2NP(=O)(O)OC[C@H]1OC(CO)n1ccc(N)nc1=O. The third kappa shape index (κ3) is 6.78. The second kappa shape index (κ2) is 12.4. The molecule has 2 saturated heterocycles. The van der Waals surface area contributed by atoms with Crippen LogP contribution >= 0.6 is 15.5 Å². The molecule has 9 atom stereocenters. The van der Waals surface area contributed by atoms with Crippen LogP contribution in [-0.2, 0) is 27.7 Å². The van der Waals surface area contributed by atoms with Crippen LogP contribution in [0.2, 0.25) is 0 Å². The maximum atomic E-state index is 13.2. The molecule has 3 aromatic rings. The van der Waals surface area contributed by atoms with E-state index in [1.807, 2.05) is 0 Å². The van der Waals surface area contributed by atoms with Crippen LogP contribution in [0.1, 0.15) is 12.5 Å². The topological polar surface area (TPSA) is 327 Å². The first-order valence-corrected chi connectivity index (χ1v) is 16.0. The highest BCUT2D eigenvalue weighted by Crippen LogP contribution is 2.45. The number of hydrogen-bond donors (Lipinski definition) is 9. The summed E-state index contributed by atoms with van der Waals surface area (Å²) in [6.45, 7) is -2.20. The number of anilines is 2. The van der Waals surface area contributed by atoms with Crippen molar-refractivity contribution in [3.63, 3.8) is 0 Å². The van der Waals surface area contributed by atoms with E-state index in [1.165, 1.54) is 24.7 Å². The molecule has 2 aliphatic heterocycles. The summed E-state index contributed by atoms with van der Waals surface area (Å²) in [7, 11) is -8.11. The van der Waals surface area contributed by atoms with E-state index < -0.39 is 89.3 Å². The molecule has 22 nitrogen and oxygen atoms in total. The number of nitrogen functional groups attached to an aromatic ring is 2. The molecule has 0 radical (unpaired) electrons. The third-order valence-corrected chi connectivity index (χ3v) is 9.18. The number of fused-ring (bicyclic) bond motifs is 2. The largest absolute Gasteiger partial charge is 0.403 e. The van der Waals surface area contributed by atoms with Gasteiger partial charge in [0.15, 0.2) is 18.0 Å². The van der Waals surface area contributed by atoms with E-state index in [0.29, 0.717) is 0 Å². The van der Waals surface area contributed by atoms with Gasteiger partial charge in [-0.05, 0) is 6.07 Å². The van der Waals surface area contributed by atoms with Crippen LogP contribution < -0.4 is 32.9 Å². The number of H-pyrrole nitrogens is 1. The molecule has 11 N–H and O–H groups in total. The Bertz CT molecular complexity index is 1740. The number of nitrogens with one attached hydrogen (secondary N) is 3. The Hall–Kier alpha value is -3.05. The Kier molecular flexibility index (Phi) is 9.11. The molecule has 2 aliphatic rings. The van der Waals surface area contributed by atoms with Gasteiger partial charge in [-0.3, -0.25) is 23.0 Å². The fourth-order valence-electron chi connectivity index (χ4n) is 4.72. The Morgan fingerprint density at radius 3 is 2.57 bits per heavy atom. The smallest absolute Gasteiger partial charge is 0.392 e. The summed E-state index contributed by atoms with van der Waals surface area (Å²) in [5.41, 5.74) is 9.38. The molecule has 0 aliphatic carbocycles. The Morgan fingerprint density at radius 2 is 1.86 bits per heavy atom. The predicted octanol–water partition coefficient (Wildman–Crippen LogP) is -4.57. The summed E-state index contributed by atoms with van der Waals surface area (Å²) in [5.74, 6) is -1.49. The molecular weight excluding hydrogens is 633 g/mol. The van der Waals surface area contributed by atoms with Crippen molar-refractivity contribution in [3.05, 3.63) is 39.4 Å². The van der Waals surface area contributed by atoms with Crippen LogP contribution in [0.5, 0.6) is 0 Å². The molecule has 0 aromatic carbocycles. The van der Waals surface area contributed by atoms with E-state index in [1.54, 1.807) is 0 Å². The van der Waals surface area contributed by atoms with Crippen LogP contribution in [0.4, 0.5) is 11.8 Å². The number of hydrogen-bond acceptors (Lipinski definition) is 15. The fraction of sp³-hybridized carbons (Fsp3) is 0.526. The normalized spacial score (nSPS) is 34.2. The lowest BCUT2D eigenvalue weighted by atomic mass is 9.92. The molecule has 5 heterocycles. The predicted molar refractivity (Wildman–Crippen MR) is 150 cm³/mol. The summed E-state index contributed by atoms with van der Waals surface area (Å²) in [4.78, 5) is 59.4. The molecule has 240 valence electrons. The van der Waals surface area contributed by atoms with Crippen molar-refractivity contribution >= 4 is 46.3 Å². The zero-order chi connectivity index (χ0) is 32.0. The summed E-state index contributed by atoms with van der Waals surface area (Å²) >= 11 is 0. The van der Waals surface area contributed by atoms with Crippen LogP contribution in [-0.4, -0.2) is 107 Å². The number of aliphatic hydroxyl groups is 2. The number of imidazole rings is 1. The molecule has 2 fully saturated rings. The zero-order valence-corrected chi connectivity index (χ0v) is 24.5. The highest BCUT2D eigenvalue weighted by atomic mass is 31.2. The van der Waals surface area contributed by atoms with Crippen LogP contribution in [0, 0.1) is 0 Å². The van der Waals surface area contributed by atoms with Gasteiger partial charge in [0.05, 0.1) is 38.3 Å². The molecular formula is C19H29BN10O12P2. The van der Waals surface area contributed by atoms with Crippen molar-refractivity contribution < 1.29 is 47.7 Å². The Balaban J connectivity index is 1.42. The van der Waals surface area contributed by atoms with Crippen LogP contribution in [0.15, 0.2) is 28.2 Å². The molecule has 0 spiro atoms. The number of aliphatic hydroxyl groups excluding tert-OH is 2. The van der Waals surface area contributed by atoms with Crippen molar-refractivity contribution in [2.75, 3.05) is 31.3 Å². The first kappa shape index (κ1) is 32.4. The average molecular weight is 662 g/mol. The van der Waals surface area contributed by atoms with Gasteiger partial charge in [-0.15, -0.1) is 0 Å². The molecule has 25 heteroatoms. The molecule has 0 saturated carbocycles. The van der Waals surface area contributed by atoms with Crippen LogP contribution in [0.25, 0.3) is 11.2 Å². The minimum Gasteiger partial charge on any atom is -0.392 e. The highest BCUT2D eigenvalue weighted by molar-refractivity contribution is 7.51. The van der Waals surface area contributed by atoms with Crippen LogP contribution in [0.3, 0.4) is 0 Å². The second-order valence-corrected chi connectivity index (χ2v) is 13.0. The minimum atomic E-state index is -4.81. The summed E-state index contributed by atoms with van der Waals surface area (Å²) in [6, 6.07) is -0.178. The quantitative estimate of drug-likeness (QED) is 0.0917. The summed E-state index contributed by atoms with van der Waals surface area (Å²) in [6.07, 6.45) is -4.77. The van der Waals surface area contributed by atoms with E-state index in [2.05, 4.69) is 30.1 Å². The maximum absolute atomic E-state index is 13.2. The monoisotopic (exact) mass is 662 g/mol. The minimum absolute atomic E-state index is 0.0189. The average Bonchev–Trinajstić information content (AvgIpc) is 3.48. The first-order chi connectivity index (χ1) is 20.7. The Morgan fingerprint density at radius 1 is 1.16 bits per heavy atom. The van der Waals surface area contributed by atoms with Crippen molar-refractivity contribution in [1.82, 2.24) is 39.2 Å². The van der Waals surface area contributed by atoms with E-state index >= 15 is 0 Å². The molecule has 3 aromatic heterocycles. The number of rotatable bonds is 5. The van der Waals surface area contributed by atoms with Gasteiger partial charge in [0.1, 0.15) is 31.5 Å². The highest BCUT2D eigenvalue weighted by Gasteiger charge is 2.49. The van der Waals surface area contributed by atoms with E-state index in [-0.39, 0.29) is 22.9 Å². The van der Waals surface area contributed by atoms with Crippen molar-refractivity contribution in [2.45, 2.75) is 42.8 Å². The zero-order valence-electron chi connectivity index (χ0n) is 22.7. The van der Waals surface area contributed by atoms with Gasteiger partial charge >= 0.3 is 26.7 Å². The van der Waals surface area contributed by atoms with Crippen molar-refractivity contribution in [3.8, 4) is 0 Å². The number of ether oxygens (including phenoxy) is 2. The van der Waals surface area contributed by atoms with Gasteiger partial charge in [0, 0.05) is 12.1 Å². The van der Waals surface area contributed by atoms with Crippen molar-refractivity contribution in [2.24, 2.45) is 0 Å². The third-order valence-electron chi connectivity index (χ3n) is 6.83.